The lowest BCUT2D eigenvalue weighted by atomic mass is 10.1. The summed E-state index contributed by atoms with van der Waals surface area (Å²) >= 11 is 0. The van der Waals surface area contributed by atoms with E-state index < -0.39 is 4.92 Å². The number of phenols is 1. The third kappa shape index (κ3) is 4.62. The highest BCUT2D eigenvalue weighted by Gasteiger charge is 2.12. The molecule has 0 radical (unpaired) electrons. The van der Waals surface area contributed by atoms with E-state index in [1.807, 2.05) is 72.8 Å². The van der Waals surface area contributed by atoms with Crippen LogP contribution in [0.25, 0.3) is 12.2 Å². The van der Waals surface area contributed by atoms with Gasteiger partial charge in [-0.1, -0.05) is 60.7 Å². The first-order valence-electron chi connectivity index (χ1n) is 9.77. The first-order chi connectivity index (χ1) is 15.1. The highest BCUT2D eigenvalue weighted by molar-refractivity contribution is 5.78. The summed E-state index contributed by atoms with van der Waals surface area (Å²) in [5, 5.41) is 20.6. The van der Waals surface area contributed by atoms with E-state index in [2.05, 4.69) is 29.2 Å². The fourth-order valence-corrected chi connectivity index (χ4v) is 3.33. The molecule has 0 saturated heterocycles. The van der Waals surface area contributed by atoms with Crippen LogP contribution in [0.5, 0.6) is 5.75 Å². The van der Waals surface area contributed by atoms with Crippen LogP contribution in [0.15, 0.2) is 103 Å². The summed E-state index contributed by atoms with van der Waals surface area (Å²) in [5.41, 5.74) is 4.52. The van der Waals surface area contributed by atoms with Gasteiger partial charge in [0.25, 0.3) is 0 Å². The Morgan fingerprint density at radius 2 is 1.16 bits per heavy atom. The van der Waals surface area contributed by atoms with Crippen LogP contribution in [0, 0.1) is 10.1 Å². The number of nitro groups is 1. The largest absolute Gasteiger partial charge is 0.502 e. The number of benzene rings is 4. The van der Waals surface area contributed by atoms with Gasteiger partial charge in [-0.05, 0) is 59.7 Å². The van der Waals surface area contributed by atoms with Gasteiger partial charge in [0, 0.05) is 23.1 Å². The van der Waals surface area contributed by atoms with Crippen molar-refractivity contribution in [3.63, 3.8) is 0 Å². The Bertz CT molecular complexity index is 1170. The van der Waals surface area contributed by atoms with Gasteiger partial charge in [0.2, 0.25) is 0 Å². The molecule has 0 aliphatic carbocycles. The molecule has 1 N–H and O–H groups in total. The Labute approximate surface area is 180 Å². The highest BCUT2D eigenvalue weighted by Crippen LogP contribution is 2.34. The van der Waals surface area contributed by atoms with Crippen molar-refractivity contribution < 1.29 is 10.0 Å². The van der Waals surface area contributed by atoms with Crippen LogP contribution >= 0.6 is 0 Å². The number of nitrogens with zero attached hydrogens (tertiary/aromatic N) is 2. The summed E-state index contributed by atoms with van der Waals surface area (Å²) < 4.78 is 0. The van der Waals surface area contributed by atoms with Crippen molar-refractivity contribution in [1.29, 1.82) is 0 Å². The molecule has 5 heteroatoms. The second-order valence-electron chi connectivity index (χ2n) is 6.94. The van der Waals surface area contributed by atoms with Crippen molar-refractivity contribution in [2.75, 3.05) is 4.90 Å². The van der Waals surface area contributed by atoms with E-state index in [4.69, 9.17) is 0 Å². The molecule has 4 aromatic rings. The third-order valence-corrected chi connectivity index (χ3v) is 4.84. The number of nitro benzene ring substituents is 1. The van der Waals surface area contributed by atoms with Gasteiger partial charge in [0.05, 0.1) is 4.92 Å². The van der Waals surface area contributed by atoms with Crippen molar-refractivity contribution in [1.82, 2.24) is 0 Å². The molecule has 0 bridgehead atoms. The molecule has 0 unspecified atom stereocenters. The Morgan fingerprint density at radius 1 is 0.677 bits per heavy atom. The minimum absolute atomic E-state index is 0.302. The second kappa shape index (κ2) is 8.97. The smallest absolute Gasteiger partial charge is 0.310 e. The van der Waals surface area contributed by atoms with E-state index in [-0.39, 0.29) is 11.4 Å². The van der Waals surface area contributed by atoms with Gasteiger partial charge in [-0.15, -0.1) is 0 Å². The molecule has 0 aliphatic heterocycles. The van der Waals surface area contributed by atoms with E-state index in [0.717, 1.165) is 22.6 Å². The van der Waals surface area contributed by atoms with E-state index in [0.29, 0.717) is 5.56 Å². The molecule has 4 aromatic carbocycles. The second-order valence-corrected chi connectivity index (χ2v) is 6.94. The summed E-state index contributed by atoms with van der Waals surface area (Å²) in [6.07, 6.45) is 3.71. The number of rotatable bonds is 6. The zero-order valence-corrected chi connectivity index (χ0v) is 16.6. The monoisotopic (exact) mass is 408 g/mol. The topological polar surface area (TPSA) is 66.6 Å². The fourth-order valence-electron chi connectivity index (χ4n) is 3.33. The minimum Gasteiger partial charge on any atom is -0.502 e. The van der Waals surface area contributed by atoms with Crippen LogP contribution in [-0.4, -0.2) is 10.0 Å². The van der Waals surface area contributed by atoms with Gasteiger partial charge in [-0.25, -0.2) is 0 Å². The van der Waals surface area contributed by atoms with Gasteiger partial charge in [0.15, 0.2) is 5.75 Å². The molecule has 0 amide bonds. The maximum absolute atomic E-state index is 10.8. The molecule has 0 fully saturated rings. The van der Waals surface area contributed by atoms with Crippen LogP contribution in [0.3, 0.4) is 0 Å². The number of anilines is 3. The molecule has 5 nitrogen and oxygen atoms in total. The van der Waals surface area contributed by atoms with E-state index in [9.17, 15) is 15.2 Å². The van der Waals surface area contributed by atoms with E-state index >= 15 is 0 Å². The number of para-hydroxylation sites is 2. The fraction of sp³-hybridized carbons (Fsp3) is 0. The normalized spacial score (nSPS) is 10.8. The van der Waals surface area contributed by atoms with Gasteiger partial charge in [-0.3, -0.25) is 10.1 Å². The maximum atomic E-state index is 10.8. The average molecular weight is 408 g/mol. The molecular formula is C26H20N2O3. The predicted octanol–water partition coefficient (Wildman–Crippen LogP) is 6.94. The Balaban J connectivity index is 1.60. The first kappa shape index (κ1) is 19.9. The summed E-state index contributed by atoms with van der Waals surface area (Å²) in [6, 6.07) is 32.8. The lowest BCUT2D eigenvalue weighted by Crippen LogP contribution is -2.09. The molecular weight excluding hydrogens is 388 g/mol. The molecule has 0 aromatic heterocycles. The van der Waals surface area contributed by atoms with Crippen molar-refractivity contribution in [2.24, 2.45) is 0 Å². The van der Waals surface area contributed by atoms with Crippen LogP contribution in [0.2, 0.25) is 0 Å². The van der Waals surface area contributed by atoms with Gasteiger partial charge >= 0.3 is 5.69 Å². The SMILES string of the molecule is O=[N+]([O-])c1ccc(/C=C/c2ccc(N(c3ccccc3)c3ccccc3)cc2)cc1O. The molecule has 31 heavy (non-hydrogen) atoms. The average Bonchev–Trinajstić information content (AvgIpc) is 2.80. The van der Waals surface area contributed by atoms with Crippen LogP contribution in [-0.2, 0) is 0 Å². The van der Waals surface area contributed by atoms with Crippen LogP contribution in [0.4, 0.5) is 22.7 Å². The molecule has 0 atom stereocenters. The van der Waals surface area contributed by atoms with Gasteiger partial charge in [0.1, 0.15) is 0 Å². The van der Waals surface area contributed by atoms with E-state index in [1.54, 1.807) is 6.07 Å². The van der Waals surface area contributed by atoms with Crippen molar-refractivity contribution in [3.8, 4) is 5.75 Å². The highest BCUT2D eigenvalue weighted by atomic mass is 16.6. The third-order valence-electron chi connectivity index (χ3n) is 4.84. The predicted molar refractivity (Wildman–Crippen MR) is 125 cm³/mol. The molecule has 0 heterocycles. The number of hydrogen-bond acceptors (Lipinski definition) is 4. The summed E-state index contributed by atoms with van der Waals surface area (Å²) in [4.78, 5) is 12.4. The van der Waals surface area contributed by atoms with Gasteiger partial charge in [-0.2, -0.15) is 0 Å². The van der Waals surface area contributed by atoms with Crippen molar-refractivity contribution in [3.05, 3.63) is 124 Å². The maximum Gasteiger partial charge on any atom is 0.310 e. The lowest BCUT2D eigenvalue weighted by molar-refractivity contribution is -0.385. The molecule has 0 spiro atoms. The standard InChI is InChI=1S/C26H20N2O3/c29-26-19-21(15-18-25(26)28(30)31)12-11-20-13-16-24(17-14-20)27(22-7-3-1-4-8-22)23-9-5-2-6-10-23/h1-19,29H/b12-11+. The summed E-state index contributed by atoms with van der Waals surface area (Å²) in [6.45, 7) is 0. The summed E-state index contributed by atoms with van der Waals surface area (Å²) in [5.74, 6) is -0.344. The van der Waals surface area contributed by atoms with Crippen LogP contribution in [0.1, 0.15) is 11.1 Å². The van der Waals surface area contributed by atoms with Crippen LogP contribution < -0.4 is 4.90 Å². The lowest BCUT2D eigenvalue weighted by Gasteiger charge is -2.25. The Kier molecular flexibility index (Phi) is 5.76. The minimum atomic E-state index is -0.604. The number of phenolic OH excluding ortho intramolecular Hbond substituents is 1. The summed E-state index contributed by atoms with van der Waals surface area (Å²) in [7, 11) is 0. The molecule has 4 rings (SSSR count). The Morgan fingerprint density at radius 3 is 1.68 bits per heavy atom. The zero-order valence-electron chi connectivity index (χ0n) is 16.6. The zero-order chi connectivity index (χ0) is 21.6. The quantitative estimate of drug-likeness (QED) is 0.213. The number of hydrogen-bond donors (Lipinski definition) is 1. The number of aromatic hydroxyl groups is 1. The molecule has 0 aliphatic rings. The van der Waals surface area contributed by atoms with E-state index in [1.165, 1.54) is 12.1 Å². The van der Waals surface area contributed by atoms with Crippen molar-refractivity contribution in [2.45, 2.75) is 0 Å². The Hall–Kier alpha value is -4.38. The molecule has 152 valence electrons. The van der Waals surface area contributed by atoms with Gasteiger partial charge < -0.3 is 10.0 Å². The molecule has 0 saturated carbocycles. The first-order valence-corrected chi connectivity index (χ1v) is 9.77. The van der Waals surface area contributed by atoms with Crippen molar-refractivity contribution >= 4 is 34.9 Å².